The molecule has 0 unspecified atom stereocenters. The zero-order valence-corrected chi connectivity index (χ0v) is 41.7. The molecule has 8 nitrogen and oxygen atoms in total. The number of nitrogens with one attached hydrogen (secondary N) is 2. The lowest BCUT2D eigenvalue weighted by atomic mass is 9.78. The maximum Gasteiger partial charge on any atom is 0.224 e. The molecule has 0 aliphatic carbocycles. The lowest BCUT2D eigenvalue weighted by Gasteiger charge is -2.28. The molecule has 0 spiro atoms. The molecule has 0 aromatic heterocycles. The third-order valence-corrected chi connectivity index (χ3v) is 11.4. The van der Waals surface area contributed by atoms with Crippen LogP contribution in [0.2, 0.25) is 0 Å². The van der Waals surface area contributed by atoms with E-state index in [2.05, 4.69) is 113 Å². The summed E-state index contributed by atoms with van der Waals surface area (Å²) in [4.78, 5) is 24.9. The summed E-state index contributed by atoms with van der Waals surface area (Å²) in [5.74, 6) is 1.64. The van der Waals surface area contributed by atoms with Gasteiger partial charge in [0.2, 0.25) is 11.8 Å². The highest BCUT2D eigenvalue weighted by molar-refractivity contribution is 5.91. The van der Waals surface area contributed by atoms with Crippen molar-refractivity contribution in [3.8, 4) is 23.0 Å². The average Bonchev–Trinajstić information content (AvgIpc) is 3.19. The van der Waals surface area contributed by atoms with Crippen LogP contribution in [0.4, 0.5) is 11.4 Å². The number of hydrogen-bond donors (Lipinski definition) is 5. The highest BCUT2D eigenvalue weighted by atomic mass is 16.5. The maximum absolute atomic E-state index is 12.7. The first-order chi connectivity index (χ1) is 29.8. The summed E-state index contributed by atoms with van der Waals surface area (Å²) in [7, 11) is 0. The fourth-order valence-electron chi connectivity index (χ4n) is 7.53. The van der Waals surface area contributed by atoms with Crippen molar-refractivity contribution in [3.05, 3.63) is 106 Å². The number of anilines is 2. The second-order valence-corrected chi connectivity index (χ2v) is 21.6. The van der Waals surface area contributed by atoms with E-state index in [4.69, 9.17) is 4.74 Å². The molecule has 8 heteroatoms. The largest absolute Gasteiger partial charge is 0.508 e. The van der Waals surface area contributed by atoms with Crippen LogP contribution in [0.25, 0.3) is 0 Å². The number of hydrogen-bond acceptors (Lipinski definition) is 6. The highest BCUT2D eigenvalue weighted by Crippen LogP contribution is 2.41. The lowest BCUT2D eigenvalue weighted by molar-refractivity contribution is -0.117. The summed E-state index contributed by atoms with van der Waals surface area (Å²) < 4.78 is 5.87. The fraction of sp³-hybridized carbons (Fsp3) is 0.536. The fourth-order valence-corrected chi connectivity index (χ4v) is 7.53. The first-order valence-corrected chi connectivity index (χ1v) is 23.6. The Kier molecular flexibility index (Phi) is 19.8. The van der Waals surface area contributed by atoms with Crippen LogP contribution in [-0.2, 0) is 44.1 Å². The molecule has 0 fully saturated rings. The molecule has 0 saturated carbocycles. The topological polar surface area (TPSA) is 128 Å². The minimum Gasteiger partial charge on any atom is -0.508 e. The van der Waals surface area contributed by atoms with Gasteiger partial charge in [-0.25, -0.2) is 0 Å². The Morgan fingerprint density at radius 1 is 0.484 bits per heavy atom. The first-order valence-electron chi connectivity index (χ1n) is 23.6. The Balaban J connectivity index is 0.000000357. The van der Waals surface area contributed by atoms with E-state index in [1.165, 1.54) is 44.9 Å². The van der Waals surface area contributed by atoms with Crippen LogP contribution in [0.3, 0.4) is 0 Å². The SMILES string of the molecule is CC(C)(C)c1cc(CCC(=O)Nc2ccc(O)cc2)cc(C(C)(C)C)c1O.CCCCCCCCCCOc1ccc(NC(=O)CCc2cc(C(C)(C)C)c(O)c(C(C)(C)C)c2)cc1. The molecule has 4 aromatic rings. The Labute approximate surface area is 386 Å². The summed E-state index contributed by atoms with van der Waals surface area (Å²) in [5.41, 5.74) is 6.50. The molecule has 0 saturated heterocycles. The van der Waals surface area contributed by atoms with Gasteiger partial charge >= 0.3 is 0 Å². The summed E-state index contributed by atoms with van der Waals surface area (Å²) in [6.07, 6.45) is 12.2. The number of aromatic hydroxyl groups is 3. The van der Waals surface area contributed by atoms with Crippen molar-refractivity contribution in [1.82, 2.24) is 0 Å². The molecule has 0 bridgehead atoms. The van der Waals surface area contributed by atoms with Gasteiger partial charge < -0.3 is 30.7 Å². The molecule has 0 atom stereocenters. The molecular weight excluding hydrogens is 797 g/mol. The summed E-state index contributed by atoms with van der Waals surface area (Å²) in [6, 6.07) is 22.2. The van der Waals surface area contributed by atoms with Crippen molar-refractivity contribution >= 4 is 23.2 Å². The van der Waals surface area contributed by atoms with Gasteiger partial charge in [-0.1, -0.05) is 159 Å². The van der Waals surface area contributed by atoms with Crippen LogP contribution in [0.1, 0.15) is 188 Å². The normalized spacial score (nSPS) is 12.0. The smallest absolute Gasteiger partial charge is 0.224 e. The van der Waals surface area contributed by atoms with Crippen LogP contribution in [-0.4, -0.2) is 33.7 Å². The number of aryl methyl sites for hydroxylation is 2. The van der Waals surface area contributed by atoms with Crippen molar-refractivity contribution in [3.63, 3.8) is 0 Å². The minimum absolute atomic E-state index is 0.0182. The van der Waals surface area contributed by atoms with Crippen molar-refractivity contribution in [1.29, 1.82) is 0 Å². The number of phenols is 3. The number of benzene rings is 4. The van der Waals surface area contributed by atoms with Crippen molar-refractivity contribution in [2.75, 3.05) is 17.2 Å². The van der Waals surface area contributed by atoms with E-state index in [1.54, 1.807) is 24.3 Å². The van der Waals surface area contributed by atoms with Crippen molar-refractivity contribution in [2.45, 2.75) is 189 Å². The number of amides is 2. The molecule has 0 heterocycles. The van der Waals surface area contributed by atoms with E-state index in [1.807, 2.05) is 36.4 Å². The summed E-state index contributed by atoms with van der Waals surface area (Å²) >= 11 is 0. The number of carbonyl (C=O) groups excluding carboxylic acids is 2. The van der Waals surface area contributed by atoms with Crippen LogP contribution in [0.15, 0.2) is 72.8 Å². The molecule has 2 amide bonds. The molecule has 4 rings (SSSR count). The Hall–Kier alpha value is -4.98. The molecular formula is C56H82N2O6. The number of carbonyl (C=O) groups is 2. The van der Waals surface area contributed by atoms with Gasteiger partial charge in [0.05, 0.1) is 6.61 Å². The van der Waals surface area contributed by atoms with E-state index < -0.39 is 0 Å². The van der Waals surface area contributed by atoms with Gasteiger partial charge in [0.15, 0.2) is 0 Å². The Morgan fingerprint density at radius 2 is 0.812 bits per heavy atom. The quantitative estimate of drug-likeness (QED) is 0.0500. The minimum atomic E-state index is -0.186. The van der Waals surface area contributed by atoms with Crippen LogP contribution in [0.5, 0.6) is 23.0 Å². The molecule has 0 aliphatic heterocycles. The summed E-state index contributed by atoms with van der Waals surface area (Å²) in [5, 5.41) is 36.9. The monoisotopic (exact) mass is 879 g/mol. The van der Waals surface area contributed by atoms with Gasteiger partial charge in [0.1, 0.15) is 23.0 Å². The molecule has 0 radical (unpaired) electrons. The summed E-state index contributed by atoms with van der Waals surface area (Å²) in [6.45, 7) is 28.1. The Morgan fingerprint density at radius 3 is 1.16 bits per heavy atom. The van der Waals surface area contributed by atoms with E-state index in [9.17, 15) is 24.9 Å². The zero-order chi connectivity index (χ0) is 47.9. The van der Waals surface area contributed by atoms with Gasteiger partial charge in [0.25, 0.3) is 0 Å². The number of rotatable bonds is 18. The van der Waals surface area contributed by atoms with Crippen LogP contribution in [0, 0.1) is 0 Å². The van der Waals surface area contributed by atoms with Gasteiger partial charge in [-0.15, -0.1) is 0 Å². The Bertz CT molecular complexity index is 2000. The second kappa shape index (κ2) is 23.8. The van der Waals surface area contributed by atoms with Gasteiger partial charge in [-0.2, -0.15) is 0 Å². The van der Waals surface area contributed by atoms with Crippen molar-refractivity contribution < 1.29 is 29.6 Å². The lowest BCUT2D eigenvalue weighted by Crippen LogP contribution is -2.18. The third-order valence-electron chi connectivity index (χ3n) is 11.4. The number of unbranched alkanes of at least 4 members (excludes halogenated alkanes) is 7. The van der Waals surface area contributed by atoms with E-state index in [-0.39, 0.29) is 39.2 Å². The second-order valence-electron chi connectivity index (χ2n) is 21.6. The van der Waals surface area contributed by atoms with Gasteiger partial charge in [-0.3, -0.25) is 9.59 Å². The van der Waals surface area contributed by atoms with Gasteiger partial charge in [-0.05, 0) is 123 Å². The number of ether oxygens (including phenoxy) is 1. The predicted molar refractivity (Wildman–Crippen MR) is 268 cm³/mol. The van der Waals surface area contributed by atoms with Crippen LogP contribution >= 0.6 is 0 Å². The van der Waals surface area contributed by atoms with E-state index >= 15 is 0 Å². The number of phenolic OH excluding ortho intramolecular Hbond substituents is 3. The molecule has 4 aromatic carbocycles. The van der Waals surface area contributed by atoms with E-state index in [0.717, 1.165) is 57.8 Å². The standard InChI is InChI=1S/C33H51NO3.C23H31NO3/c1-8-9-10-11-12-13-14-15-22-37-27-19-17-26(18-20-27)34-30(35)21-16-25-23-28(32(2,3)4)31(36)29(24-25)33(5,6)7;1-22(2,3)18-13-15(14-19(21(18)27)23(4,5)6)7-12-20(26)24-16-8-10-17(25)11-9-16/h17-20,23-24,36H,8-16,21-22H2,1-7H3,(H,34,35);8-11,13-14,25,27H,7,12H2,1-6H3,(H,24,26). The molecule has 64 heavy (non-hydrogen) atoms. The van der Waals surface area contributed by atoms with E-state index in [0.29, 0.717) is 42.9 Å². The molecule has 0 aliphatic rings. The third kappa shape index (κ3) is 17.9. The zero-order valence-electron chi connectivity index (χ0n) is 41.7. The van der Waals surface area contributed by atoms with Gasteiger partial charge in [0, 0.05) is 24.2 Å². The molecule has 5 N–H and O–H groups in total. The molecule has 352 valence electrons. The van der Waals surface area contributed by atoms with Crippen molar-refractivity contribution in [2.24, 2.45) is 0 Å². The first kappa shape index (κ1) is 53.4. The average molecular weight is 879 g/mol. The predicted octanol–water partition coefficient (Wildman–Crippen LogP) is 14.3. The van der Waals surface area contributed by atoms with Crippen LogP contribution < -0.4 is 15.4 Å². The highest BCUT2D eigenvalue weighted by Gasteiger charge is 2.28. The maximum atomic E-state index is 12.7.